The molecule has 4 nitrogen and oxygen atoms in total. The van der Waals surface area contributed by atoms with Gasteiger partial charge < -0.3 is 19.7 Å². The van der Waals surface area contributed by atoms with E-state index in [-0.39, 0.29) is 13.2 Å². The molecule has 108 heavy (non-hydrogen) atoms. The molecule has 0 heterocycles. The third-order valence-corrected chi connectivity index (χ3v) is 31.3. The SMILES string of the molecule is C=C(C)[C@@H]1CC[C@@]2(C)CCCC(=C)[C@@H]2C1.C=C(C)[C@@H]1CC[C@@]2(C)CCCC(=C)[C@@H]2C1.C=C1CCC2CC1C2(C)C.C=C1CCC2CC1C2(C)C.C=C1[C@H]2CC[C@H](C2)[C@]1(C)CC/C=C(/C)CO.C=C1[C@H]2CC[C@H](C2)[C@]1(C)CC/C=C(/C)CO.CCOc1ccc2ccccc2c1.CCOc1ccc2ccccc2c1. The molecule has 14 fully saturated rings. The number of ether oxygens (including phenoxy) is 2. The summed E-state index contributed by atoms with van der Waals surface area (Å²) in [5.41, 5.74) is 17.2. The summed E-state index contributed by atoms with van der Waals surface area (Å²) in [6.45, 7) is 67.4. The van der Waals surface area contributed by atoms with Crippen molar-refractivity contribution in [1.82, 2.24) is 0 Å². The first-order chi connectivity index (χ1) is 51.2. The van der Waals surface area contributed by atoms with E-state index in [1.165, 1.54) is 233 Å². The highest BCUT2D eigenvalue weighted by molar-refractivity contribution is 5.84. The number of aliphatic hydroxyl groups excluding tert-OH is 2. The average Bonchev–Trinajstić information content (AvgIpc) is 1.29. The van der Waals surface area contributed by atoms with E-state index in [1.807, 2.05) is 64.1 Å². The lowest BCUT2D eigenvalue weighted by molar-refractivity contribution is -0.0273. The number of allylic oxidation sites excluding steroid dienone is 10. The van der Waals surface area contributed by atoms with Crippen molar-refractivity contribution < 1.29 is 19.7 Å². The van der Waals surface area contributed by atoms with Gasteiger partial charge in [-0.3, -0.25) is 0 Å². The van der Waals surface area contributed by atoms with Crippen molar-refractivity contribution in [1.29, 1.82) is 0 Å². The van der Waals surface area contributed by atoms with Crippen molar-refractivity contribution in [2.75, 3.05) is 26.4 Å². The number of hydrogen-bond acceptors (Lipinski definition) is 4. The molecule has 2 N–H and O–H groups in total. The van der Waals surface area contributed by atoms with Gasteiger partial charge in [-0.1, -0.05) is 237 Å². The summed E-state index contributed by atoms with van der Waals surface area (Å²) in [5, 5.41) is 22.9. The maximum Gasteiger partial charge on any atom is 0.119 e. The van der Waals surface area contributed by atoms with E-state index < -0.39 is 0 Å². The number of hydrogen-bond donors (Lipinski definition) is 2. The topological polar surface area (TPSA) is 58.9 Å². The van der Waals surface area contributed by atoms with E-state index in [0.717, 1.165) is 120 Å². The van der Waals surface area contributed by atoms with Gasteiger partial charge in [0.1, 0.15) is 11.5 Å². The van der Waals surface area contributed by atoms with E-state index >= 15 is 0 Å². The average molecular weight is 1470 g/mol. The molecule has 4 unspecified atom stereocenters. The van der Waals surface area contributed by atoms with Gasteiger partial charge >= 0.3 is 0 Å². The van der Waals surface area contributed by atoms with Crippen LogP contribution in [0.15, 0.2) is 205 Å². The van der Waals surface area contributed by atoms with Gasteiger partial charge in [0.15, 0.2) is 0 Å². The maximum atomic E-state index is 8.96. The predicted molar refractivity (Wildman–Crippen MR) is 468 cm³/mol. The van der Waals surface area contributed by atoms with Gasteiger partial charge in [0.25, 0.3) is 0 Å². The molecule has 0 radical (unpaired) electrons. The molecule has 4 heteroatoms. The second-order valence-electron chi connectivity index (χ2n) is 38.8. The Hall–Kier alpha value is -5.68. The van der Waals surface area contributed by atoms with Crippen molar-refractivity contribution in [3.05, 3.63) is 205 Å². The van der Waals surface area contributed by atoms with E-state index in [1.54, 1.807) is 0 Å². The molecule has 14 aliphatic rings. The fourth-order valence-electron chi connectivity index (χ4n) is 22.9. The molecular formula is C104H152O4. The Bertz CT molecular complexity index is 3590. The van der Waals surface area contributed by atoms with Crippen LogP contribution in [0.2, 0.25) is 0 Å². The summed E-state index contributed by atoms with van der Waals surface area (Å²) in [6, 6.07) is 28.9. The van der Waals surface area contributed by atoms with E-state index in [9.17, 15) is 0 Å². The molecular weight excluding hydrogens is 1310 g/mol. The van der Waals surface area contributed by atoms with Crippen LogP contribution in [0.25, 0.3) is 21.5 Å². The second kappa shape index (κ2) is 37.8. The van der Waals surface area contributed by atoms with Crippen molar-refractivity contribution in [2.24, 2.45) is 104 Å². The van der Waals surface area contributed by atoms with Crippen LogP contribution < -0.4 is 9.47 Å². The molecule has 0 amide bonds. The zero-order chi connectivity index (χ0) is 78.5. The summed E-state index contributed by atoms with van der Waals surface area (Å²) < 4.78 is 10.8. The van der Waals surface area contributed by atoms with Crippen LogP contribution >= 0.6 is 0 Å². The highest BCUT2D eigenvalue weighted by Gasteiger charge is 2.54. The lowest BCUT2D eigenvalue weighted by Gasteiger charge is -2.57. The van der Waals surface area contributed by atoms with Crippen LogP contribution in [-0.2, 0) is 0 Å². The lowest BCUT2D eigenvalue weighted by atomic mass is 9.47. The molecule has 0 spiro atoms. The molecule has 0 aliphatic heterocycles. The second-order valence-corrected chi connectivity index (χ2v) is 38.8. The number of aliphatic hydroxyl groups is 2. The minimum Gasteiger partial charge on any atom is -0.494 e. The summed E-state index contributed by atoms with van der Waals surface area (Å²) in [7, 11) is 0. The highest BCUT2D eigenvalue weighted by Crippen LogP contribution is 2.64. The highest BCUT2D eigenvalue weighted by atomic mass is 16.5. The molecule has 4 aromatic carbocycles. The largest absolute Gasteiger partial charge is 0.494 e. The van der Waals surface area contributed by atoms with Crippen molar-refractivity contribution in [3.8, 4) is 11.5 Å². The first-order valence-corrected chi connectivity index (χ1v) is 43.4. The zero-order valence-electron chi connectivity index (χ0n) is 71.2. The Morgan fingerprint density at radius 3 is 1.07 bits per heavy atom. The summed E-state index contributed by atoms with van der Waals surface area (Å²) in [6.07, 6.45) is 41.8. The Labute approximate surface area is 660 Å². The van der Waals surface area contributed by atoms with Crippen LogP contribution in [0.4, 0.5) is 0 Å². The Balaban J connectivity index is 0.000000143. The minimum atomic E-state index is 0.198. The molecule has 0 saturated heterocycles. The van der Waals surface area contributed by atoms with Gasteiger partial charge in [-0.25, -0.2) is 0 Å². The van der Waals surface area contributed by atoms with Crippen molar-refractivity contribution >= 4 is 21.5 Å². The van der Waals surface area contributed by atoms with E-state index in [0.29, 0.717) is 32.5 Å². The third-order valence-electron chi connectivity index (χ3n) is 31.3. The quantitative estimate of drug-likeness (QED) is 0.124. The van der Waals surface area contributed by atoms with Crippen molar-refractivity contribution in [2.45, 2.75) is 277 Å². The molecule has 18 rings (SSSR count). The van der Waals surface area contributed by atoms with Gasteiger partial charge in [0, 0.05) is 0 Å². The normalized spacial score (nSPS) is 33.2. The van der Waals surface area contributed by atoms with Crippen LogP contribution in [-0.4, -0.2) is 36.6 Å². The summed E-state index contributed by atoms with van der Waals surface area (Å²) >= 11 is 0. The molecule has 14 aliphatic carbocycles. The smallest absolute Gasteiger partial charge is 0.119 e. The van der Waals surface area contributed by atoms with E-state index in [2.05, 4.69) is 183 Å². The summed E-state index contributed by atoms with van der Waals surface area (Å²) in [5.74, 6) is 12.1. The zero-order valence-corrected chi connectivity index (χ0v) is 71.2. The predicted octanol–water partition coefficient (Wildman–Crippen LogP) is 29.3. The van der Waals surface area contributed by atoms with Crippen molar-refractivity contribution in [3.63, 3.8) is 0 Å². The van der Waals surface area contributed by atoms with Gasteiger partial charge in [-0.15, -0.1) is 0 Å². The van der Waals surface area contributed by atoms with Gasteiger partial charge in [-0.2, -0.15) is 0 Å². The van der Waals surface area contributed by atoms with Gasteiger partial charge in [0.2, 0.25) is 0 Å². The van der Waals surface area contributed by atoms with Crippen LogP contribution in [0.3, 0.4) is 0 Å². The Kier molecular flexibility index (Phi) is 30.2. The maximum absolute atomic E-state index is 8.96. The fraction of sp³-hybridized carbons (Fsp3) is 0.615. The number of benzene rings is 4. The molecule has 8 bridgehead atoms. The monoisotopic (exact) mass is 1470 g/mol. The first-order valence-electron chi connectivity index (χ1n) is 43.4. The molecule has 0 aromatic heterocycles. The van der Waals surface area contributed by atoms with Gasteiger partial charge in [-0.05, 0) is 371 Å². The number of rotatable bonds is 14. The minimum absolute atomic E-state index is 0.198. The first kappa shape index (κ1) is 86.3. The standard InChI is InChI=1S/2C15H24O.2C15H24.2C12H12O.2C10H16/c2*1-11(10-16)5-4-8-15(3)12(2)13-6-7-14(15)9-13;2*1-11(2)13-7-9-15(4)8-5-6-12(3)14(15)10-13;2*1-2-13-12-8-7-10-5-3-4-6-11(10)9-12;2*1-7-4-5-8-6-9(7)10(8,2)3/h2*5,13-14,16H,2,4,6-10H2,1,3H3;2*13-14H,1,3,5-10H2,2,4H3;2*3-9H,2H2,1H3;2*8-9H,1,4-6H2,2-3H3/b2*11-5-;;;;;;/t2*13-,14+,15+;2*13-,14+,15-;;;;/m0011..../s1. The molecule has 14 saturated carbocycles. The molecule has 16 atom stereocenters. The molecule has 592 valence electrons. The Morgan fingerprint density at radius 2 is 0.778 bits per heavy atom. The third kappa shape index (κ3) is 20.4. The summed E-state index contributed by atoms with van der Waals surface area (Å²) in [4.78, 5) is 0. The van der Waals surface area contributed by atoms with Crippen LogP contribution in [0.5, 0.6) is 11.5 Å². The Morgan fingerprint density at radius 1 is 0.417 bits per heavy atom. The van der Waals surface area contributed by atoms with E-state index in [4.69, 9.17) is 19.7 Å². The fourth-order valence-corrected chi connectivity index (χ4v) is 22.9. The lowest BCUT2D eigenvalue weighted by Crippen LogP contribution is -2.48. The molecule has 4 aromatic rings. The number of fused-ring (bicyclic) bond motifs is 12. The van der Waals surface area contributed by atoms with Crippen LogP contribution in [0.1, 0.15) is 277 Å². The van der Waals surface area contributed by atoms with Gasteiger partial charge in [0.05, 0.1) is 26.4 Å². The van der Waals surface area contributed by atoms with Crippen LogP contribution in [0, 0.1) is 104 Å².